The van der Waals surface area contributed by atoms with Gasteiger partial charge in [-0.25, -0.2) is 8.42 Å². The van der Waals surface area contributed by atoms with Crippen LogP contribution in [0.4, 0.5) is 0 Å². The zero-order valence-electron chi connectivity index (χ0n) is 12.4. The van der Waals surface area contributed by atoms with Crippen molar-refractivity contribution in [1.29, 1.82) is 0 Å². The van der Waals surface area contributed by atoms with E-state index in [-0.39, 0.29) is 11.1 Å². The average molecular weight is 300 g/mol. The van der Waals surface area contributed by atoms with Crippen molar-refractivity contribution in [3.63, 3.8) is 0 Å². The van der Waals surface area contributed by atoms with Gasteiger partial charge in [-0.05, 0) is 33.1 Å². The summed E-state index contributed by atoms with van der Waals surface area (Å²) in [5.41, 5.74) is 0.721. The van der Waals surface area contributed by atoms with E-state index in [0.29, 0.717) is 19.1 Å². The minimum atomic E-state index is -3.50. The van der Waals surface area contributed by atoms with Gasteiger partial charge in [-0.15, -0.1) is 0 Å². The maximum Gasteiger partial charge on any atom is 0.260 e. The number of nitrogens with zero attached hydrogens (tertiary/aromatic N) is 2. The van der Waals surface area contributed by atoms with E-state index in [2.05, 4.69) is 15.5 Å². The quantitative estimate of drug-likeness (QED) is 0.762. The van der Waals surface area contributed by atoms with Crippen LogP contribution in [-0.2, 0) is 16.6 Å². The van der Waals surface area contributed by atoms with Crippen LogP contribution in [0.1, 0.15) is 45.6 Å². The minimum absolute atomic E-state index is 0.0625. The van der Waals surface area contributed by atoms with Gasteiger partial charge in [0, 0.05) is 30.7 Å². The third-order valence-electron chi connectivity index (χ3n) is 3.42. The van der Waals surface area contributed by atoms with E-state index in [0.717, 1.165) is 12.0 Å². The summed E-state index contributed by atoms with van der Waals surface area (Å²) in [6.45, 7) is 6.84. The predicted octanol–water partition coefficient (Wildman–Crippen LogP) is 1.47. The number of hydrogen-bond donors (Lipinski definition) is 2. The van der Waals surface area contributed by atoms with Crippen molar-refractivity contribution in [3.8, 4) is 0 Å². The molecule has 1 saturated carbocycles. The van der Waals surface area contributed by atoms with Crippen LogP contribution in [0.5, 0.6) is 0 Å². The number of hydrogen-bond acceptors (Lipinski definition) is 4. The molecule has 1 heterocycles. The highest BCUT2D eigenvalue weighted by Crippen LogP contribution is 2.23. The van der Waals surface area contributed by atoms with Gasteiger partial charge in [0.05, 0.1) is 6.20 Å². The van der Waals surface area contributed by atoms with Crippen molar-refractivity contribution in [2.75, 3.05) is 6.54 Å². The zero-order valence-corrected chi connectivity index (χ0v) is 13.2. The van der Waals surface area contributed by atoms with Crippen LogP contribution >= 0.6 is 0 Å². The fourth-order valence-corrected chi connectivity index (χ4v) is 4.02. The standard InChI is InChI=1S/C13H24N4O2S/c1-4-7-17(10(2)3)20(18,19)13-11(9-15-16-13)8-14-12-5-6-12/h9-10,12,14H,4-8H2,1-3H3,(H,15,16). The van der Waals surface area contributed by atoms with E-state index < -0.39 is 10.0 Å². The molecule has 7 heteroatoms. The molecule has 6 nitrogen and oxygen atoms in total. The van der Waals surface area contributed by atoms with Gasteiger partial charge in [-0.2, -0.15) is 9.40 Å². The van der Waals surface area contributed by atoms with Crippen LogP contribution in [-0.4, -0.2) is 41.5 Å². The van der Waals surface area contributed by atoms with Gasteiger partial charge in [-0.1, -0.05) is 6.92 Å². The number of rotatable bonds is 8. The van der Waals surface area contributed by atoms with E-state index >= 15 is 0 Å². The highest BCUT2D eigenvalue weighted by Gasteiger charge is 2.30. The summed E-state index contributed by atoms with van der Waals surface area (Å²) in [4.78, 5) is 0. The Morgan fingerprint density at radius 2 is 2.20 bits per heavy atom. The summed E-state index contributed by atoms with van der Waals surface area (Å²) >= 11 is 0. The summed E-state index contributed by atoms with van der Waals surface area (Å²) in [6, 6.07) is 0.477. The largest absolute Gasteiger partial charge is 0.310 e. The fraction of sp³-hybridized carbons (Fsp3) is 0.769. The van der Waals surface area contributed by atoms with E-state index in [4.69, 9.17) is 0 Å². The minimum Gasteiger partial charge on any atom is -0.310 e. The molecule has 0 bridgehead atoms. The summed E-state index contributed by atoms with van der Waals surface area (Å²) < 4.78 is 27.0. The summed E-state index contributed by atoms with van der Waals surface area (Å²) in [6.07, 6.45) is 4.75. The van der Waals surface area contributed by atoms with Crippen molar-refractivity contribution in [1.82, 2.24) is 19.8 Å². The Hall–Kier alpha value is -0.920. The summed E-state index contributed by atoms with van der Waals surface area (Å²) in [5.74, 6) is 0. The second-order valence-corrected chi connectivity index (χ2v) is 7.42. The number of aromatic nitrogens is 2. The molecule has 1 aliphatic rings. The van der Waals surface area contributed by atoms with Crippen molar-refractivity contribution < 1.29 is 8.42 Å². The van der Waals surface area contributed by atoms with Crippen LogP contribution in [0.25, 0.3) is 0 Å². The van der Waals surface area contributed by atoms with Crippen molar-refractivity contribution in [2.24, 2.45) is 0 Å². The predicted molar refractivity (Wildman–Crippen MR) is 77.8 cm³/mol. The van der Waals surface area contributed by atoms with E-state index in [1.807, 2.05) is 20.8 Å². The molecule has 0 radical (unpaired) electrons. The van der Waals surface area contributed by atoms with Crippen LogP contribution in [0, 0.1) is 0 Å². The molecule has 1 fully saturated rings. The van der Waals surface area contributed by atoms with Crippen molar-refractivity contribution >= 4 is 10.0 Å². The molecular weight excluding hydrogens is 276 g/mol. The van der Waals surface area contributed by atoms with Gasteiger partial charge in [-0.3, -0.25) is 5.10 Å². The maximum absolute atomic E-state index is 12.7. The molecule has 0 aromatic carbocycles. The van der Waals surface area contributed by atoms with E-state index in [9.17, 15) is 8.42 Å². The van der Waals surface area contributed by atoms with E-state index in [1.165, 1.54) is 17.1 Å². The highest BCUT2D eigenvalue weighted by atomic mass is 32.2. The van der Waals surface area contributed by atoms with Crippen molar-refractivity contribution in [2.45, 2.75) is 63.7 Å². The molecule has 20 heavy (non-hydrogen) atoms. The Bertz CT molecular complexity index is 534. The molecule has 0 saturated heterocycles. The Labute approximate surface area is 121 Å². The topological polar surface area (TPSA) is 78.1 Å². The number of H-pyrrole nitrogens is 1. The smallest absolute Gasteiger partial charge is 0.260 e. The van der Waals surface area contributed by atoms with Crippen LogP contribution in [0.15, 0.2) is 11.2 Å². The molecule has 0 amide bonds. The number of sulfonamides is 1. The van der Waals surface area contributed by atoms with Gasteiger partial charge < -0.3 is 5.32 Å². The molecule has 2 N–H and O–H groups in total. The molecule has 1 aromatic heterocycles. The third-order valence-corrected chi connectivity index (χ3v) is 5.51. The van der Waals surface area contributed by atoms with Gasteiger partial charge in [0.2, 0.25) is 0 Å². The maximum atomic E-state index is 12.7. The molecule has 2 rings (SSSR count). The Morgan fingerprint density at radius 1 is 1.50 bits per heavy atom. The van der Waals surface area contributed by atoms with Gasteiger partial charge in [0.15, 0.2) is 5.03 Å². The first-order valence-electron chi connectivity index (χ1n) is 7.24. The Morgan fingerprint density at radius 3 is 2.75 bits per heavy atom. The second-order valence-electron chi connectivity index (χ2n) is 5.59. The molecule has 0 unspecified atom stereocenters. The molecule has 0 spiro atoms. The lowest BCUT2D eigenvalue weighted by molar-refractivity contribution is 0.352. The molecule has 114 valence electrons. The fourth-order valence-electron chi connectivity index (χ4n) is 2.18. The van der Waals surface area contributed by atoms with Crippen LogP contribution in [0.2, 0.25) is 0 Å². The third kappa shape index (κ3) is 3.39. The lowest BCUT2D eigenvalue weighted by Crippen LogP contribution is -2.38. The molecular formula is C13H24N4O2S. The Kier molecular flexibility index (Phi) is 4.82. The average Bonchev–Trinajstić information content (AvgIpc) is 3.09. The van der Waals surface area contributed by atoms with Gasteiger partial charge >= 0.3 is 0 Å². The molecule has 0 atom stereocenters. The normalized spacial score (nSPS) is 16.2. The van der Waals surface area contributed by atoms with Crippen molar-refractivity contribution in [3.05, 3.63) is 11.8 Å². The molecule has 0 aliphatic heterocycles. The Balaban J connectivity index is 2.20. The lowest BCUT2D eigenvalue weighted by Gasteiger charge is -2.25. The second kappa shape index (κ2) is 6.24. The summed E-state index contributed by atoms with van der Waals surface area (Å²) in [5, 5.41) is 10.1. The highest BCUT2D eigenvalue weighted by molar-refractivity contribution is 7.89. The number of nitrogens with one attached hydrogen (secondary N) is 2. The van der Waals surface area contributed by atoms with Crippen LogP contribution < -0.4 is 5.32 Å². The van der Waals surface area contributed by atoms with Gasteiger partial charge in [0.25, 0.3) is 10.0 Å². The molecule has 1 aliphatic carbocycles. The summed E-state index contributed by atoms with van der Waals surface area (Å²) in [7, 11) is -3.50. The first-order valence-corrected chi connectivity index (χ1v) is 8.68. The number of aromatic amines is 1. The lowest BCUT2D eigenvalue weighted by atomic mass is 10.3. The first-order chi connectivity index (χ1) is 9.46. The monoisotopic (exact) mass is 300 g/mol. The van der Waals surface area contributed by atoms with Gasteiger partial charge in [0.1, 0.15) is 0 Å². The van der Waals surface area contributed by atoms with Crippen LogP contribution in [0.3, 0.4) is 0 Å². The zero-order chi connectivity index (χ0) is 14.8. The first kappa shape index (κ1) is 15.5. The molecule has 1 aromatic rings. The van der Waals surface area contributed by atoms with E-state index in [1.54, 1.807) is 6.20 Å². The SMILES string of the molecule is CCCN(C(C)C)S(=O)(=O)c1[nH]ncc1CNC1CC1.